The summed E-state index contributed by atoms with van der Waals surface area (Å²) >= 11 is 0. The van der Waals surface area contributed by atoms with Crippen molar-refractivity contribution in [3.8, 4) is 5.75 Å². The molecule has 4 rings (SSSR count). The third-order valence-corrected chi connectivity index (χ3v) is 6.23. The number of halogens is 1. The average molecular weight is 447 g/mol. The van der Waals surface area contributed by atoms with E-state index in [4.69, 9.17) is 4.74 Å². The topological polar surface area (TPSA) is 58.6 Å². The number of hydrogen-bond donors (Lipinski definition) is 1. The van der Waals surface area contributed by atoms with Crippen molar-refractivity contribution >= 4 is 11.8 Å². The van der Waals surface area contributed by atoms with E-state index in [1.807, 2.05) is 31.2 Å². The Morgan fingerprint density at radius 3 is 2.52 bits per heavy atom. The Balaban J connectivity index is 1.56. The molecule has 0 radical (unpaired) electrons. The molecule has 0 bridgehead atoms. The second-order valence-electron chi connectivity index (χ2n) is 8.36. The Labute approximate surface area is 193 Å². The molecule has 0 aromatic heterocycles. The number of carbonyl (C=O) groups is 2. The average Bonchev–Trinajstić information content (AvgIpc) is 3.28. The normalized spacial score (nSPS) is 17.6. The summed E-state index contributed by atoms with van der Waals surface area (Å²) in [7, 11) is 1.56. The summed E-state index contributed by atoms with van der Waals surface area (Å²) in [5, 5.41) is 2.98. The van der Waals surface area contributed by atoms with Gasteiger partial charge in [-0.1, -0.05) is 42.5 Å². The lowest BCUT2D eigenvalue weighted by Gasteiger charge is -2.20. The van der Waals surface area contributed by atoms with Crippen LogP contribution in [-0.2, 0) is 11.3 Å². The van der Waals surface area contributed by atoms with E-state index in [0.717, 1.165) is 16.7 Å². The van der Waals surface area contributed by atoms with Gasteiger partial charge in [0.1, 0.15) is 11.6 Å². The van der Waals surface area contributed by atoms with E-state index in [2.05, 4.69) is 5.32 Å². The van der Waals surface area contributed by atoms with Crippen molar-refractivity contribution in [2.45, 2.75) is 19.4 Å². The minimum absolute atomic E-state index is 0.117. The van der Waals surface area contributed by atoms with E-state index >= 15 is 0 Å². The molecule has 1 aliphatic rings. The first kappa shape index (κ1) is 22.5. The summed E-state index contributed by atoms with van der Waals surface area (Å²) in [6, 6.07) is 21.1. The highest BCUT2D eigenvalue weighted by Crippen LogP contribution is 2.35. The molecule has 1 aliphatic heterocycles. The SMILES string of the molecule is COc1cccc(C(=O)N2CC(C(=O)NCc3ccc(F)cc3)C(c3ccccc3C)C2)c1. The molecule has 0 saturated carbocycles. The molecule has 2 unspecified atom stereocenters. The quantitative estimate of drug-likeness (QED) is 0.614. The molecule has 170 valence electrons. The summed E-state index contributed by atoms with van der Waals surface area (Å²) in [4.78, 5) is 28.2. The van der Waals surface area contributed by atoms with Crippen LogP contribution < -0.4 is 10.1 Å². The molecule has 0 aliphatic carbocycles. The van der Waals surface area contributed by atoms with Gasteiger partial charge in [-0.25, -0.2) is 4.39 Å². The molecule has 1 saturated heterocycles. The van der Waals surface area contributed by atoms with Gasteiger partial charge in [-0.15, -0.1) is 0 Å². The van der Waals surface area contributed by atoms with Gasteiger partial charge in [0.05, 0.1) is 13.0 Å². The van der Waals surface area contributed by atoms with E-state index < -0.39 is 0 Å². The van der Waals surface area contributed by atoms with Crippen molar-refractivity contribution in [3.05, 3.63) is 101 Å². The maximum Gasteiger partial charge on any atom is 0.254 e. The van der Waals surface area contributed by atoms with Gasteiger partial charge in [0, 0.05) is 31.1 Å². The Morgan fingerprint density at radius 1 is 1.03 bits per heavy atom. The van der Waals surface area contributed by atoms with Gasteiger partial charge < -0.3 is 15.0 Å². The van der Waals surface area contributed by atoms with Gasteiger partial charge in [0.25, 0.3) is 5.91 Å². The lowest BCUT2D eigenvalue weighted by atomic mass is 9.86. The van der Waals surface area contributed by atoms with Crippen LogP contribution >= 0.6 is 0 Å². The van der Waals surface area contributed by atoms with Crippen LogP contribution in [0.2, 0.25) is 0 Å². The number of amides is 2. The van der Waals surface area contributed by atoms with E-state index in [0.29, 0.717) is 30.9 Å². The maximum absolute atomic E-state index is 13.3. The van der Waals surface area contributed by atoms with Crippen LogP contribution in [0.15, 0.2) is 72.8 Å². The van der Waals surface area contributed by atoms with Crippen LogP contribution in [0.25, 0.3) is 0 Å². The van der Waals surface area contributed by atoms with Gasteiger partial charge in [0.2, 0.25) is 5.91 Å². The molecule has 33 heavy (non-hydrogen) atoms. The van der Waals surface area contributed by atoms with Crippen molar-refractivity contribution < 1.29 is 18.7 Å². The molecular weight excluding hydrogens is 419 g/mol. The smallest absolute Gasteiger partial charge is 0.254 e. The Kier molecular flexibility index (Phi) is 6.73. The second-order valence-corrected chi connectivity index (χ2v) is 8.36. The van der Waals surface area contributed by atoms with Crippen LogP contribution in [-0.4, -0.2) is 36.9 Å². The molecule has 0 spiro atoms. The van der Waals surface area contributed by atoms with Crippen LogP contribution in [0.5, 0.6) is 5.75 Å². The van der Waals surface area contributed by atoms with Crippen molar-refractivity contribution in [2.24, 2.45) is 5.92 Å². The summed E-state index contributed by atoms with van der Waals surface area (Å²) < 4.78 is 18.4. The van der Waals surface area contributed by atoms with Crippen molar-refractivity contribution in [1.29, 1.82) is 0 Å². The number of nitrogens with zero attached hydrogens (tertiary/aromatic N) is 1. The number of benzene rings is 3. The van der Waals surface area contributed by atoms with Crippen LogP contribution in [0.3, 0.4) is 0 Å². The van der Waals surface area contributed by atoms with Crippen molar-refractivity contribution in [1.82, 2.24) is 10.2 Å². The minimum Gasteiger partial charge on any atom is -0.497 e. The zero-order valence-electron chi connectivity index (χ0n) is 18.8. The van der Waals surface area contributed by atoms with E-state index in [1.54, 1.807) is 48.4 Å². The lowest BCUT2D eigenvalue weighted by molar-refractivity contribution is -0.125. The third kappa shape index (κ3) is 5.06. The highest BCUT2D eigenvalue weighted by atomic mass is 19.1. The first-order chi connectivity index (χ1) is 16.0. The number of aryl methyl sites for hydroxylation is 1. The predicted molar refractivity (Wildman–Crippen MR) is 125 cm³/mol. The molecule has 1 N–H and O–H groups in total. The monoisotopic (exact) mass is 446 g/mol. The second kappa shape index (κ2) is 9.86. The number of carbonyl (C=O) groups excluding carboxylic acids is 2. The van der Waals surface area contributed by atoms with Gasteiger partial charge in [0.15, 0.2) is 0 Å². The van der Waals surface area contributed by atoms with Gasteiger partial charge >= 0.3 is 0 Å². The highest BCUT2D eigenvalue weighted by molar-refractivity contribution is 5.95. The molecule has 1 fully saturated rings. The minimum atomic E-state index is -0.388. The predicted octanol–water partition coefficient (Wildman–Crippen LogP) is 4.31. The Hall–Kier alpha value is -3.67. The summed E-state index contributed by atoms with van der Waals surface area (Å²) in [6.45, 7) is 3.11. The van der Waals surface area contributed by atoms with Crippen LogP contribution in [0.4, 0.5) is 4.39 Å². The standard InChI is InChI=1S/C27H27FN2O3/c1-18-6-3-4-9-23(18)24-16-30(27(32)20-7-5-8-22(14-20)33-2)17-25(24)26(31)29-15-19-10-12-21(28)13-11-19/h3-14,24-25H,15-17H2,1-2H3,(H,29,31). The molecule has 5 nitrogen and oxygen atoms in total. The van der Waals surface area contributed by atoms with Gasteiger partial charge in [-0.3, -0.25) is 9.59 Å². The van der Waals surface area contributed by atoms with Crippen molar-refractivity contribution in [2.75, 3.05) is 20.2 Å². The molecule has 1 heterocycles. The maximum atomic E-state index is 13.3. The summed E-state index contributed by atoms with van der Waals surface area (Å²) in [6.07, 6.45) is 0. The van der Waals surface area contributed by atoms with E-state index in [9.17, 15) is 14.0 Å². The number of nitrogens with one attached hydrogen (secondary N) is 1. The zero-order chi connectivity index (χ0) is 23.4. The first-order valence-corrected chi connectivity index (χ1v) is 11.0. The van der Waals surface area contributed by atoms with Crippen molar-refractivity contribution in [3.63, 3.8) is 0 Å². The summed E-state index contributed by atoms with van der Waals surface area (Å²) in [5.41, 5.74) is 3.51. The van der Waals surface area contributed by atoms with Crippen LogP contribution in [0, 0.1) is 18.7 Å². The fourth-order valence-electron chi connectivity index (χ4n) is 4.41. The summed E-state index contributed by atoms with van der Waals surface area (Å²) in [5.74, 6) is -0.443. The van der Waals surface area contributed by atoms with E-state index in [1.165, 1.54) is 12.1 Å². The number of rotatable bonds is 6. The fourth-order valence-corrected chi connectivity index (χ4v) is 4.41. The number of methoxy groups -OCH3 is 1. The molecule has 2 amide bonds. The lowest BCUT2D eigenvalue weighted by Crippen LogP contribution is -2.35. The third-order valence-electron chi connectivity index (χ3n) is 6.23. The highest BCUT2D eigenvalue weighted by Gasteiger charge is 2.41. The fraction of sp³-hybridized carbons (Fsp3) is 0.259. The number of hydrogen-bond acceptors (Lipinski definition) is 3. The number of likely N-dealkylation sites (tertiary alicyclic amines) is 1. The van der Waals surface area contributed by atoms with Gasteiger partial charge in [-0.2, -0.15) is 0 Å². The largest absolute Gasteiger partial charge is 0.497 e. The molecule has 3 aromatic carbocycles. The zero-order valence-corrected chi connectivity index (χ0v) is 18.8. The van der Waals surface area contributed by atoms with E-state index in [-0.39, 0.29) is 29.5 Å². The molecule has 6 heteroatoms. The molecule has 2 atom stereocenters. The Bertz CT molecular complexity index is 1150. The number of ether oxygens (including phenoxy) is 1. The molecule has 3 aromatic rings. The Morgan fingerprint density at radius 2 is 1.79 bits per heavy atom. The van der Waals surface area contributed by atoms with Gasteiger partial charge in [-0.05, 0) is 53.9 Å². The molecular formula is C27H27FN2O3. The first-order valence-electron chi connectivity index (χ1n) is 11.0. The van der Waals surface area contributed by atoms with Crippen LogP contribution in [0.1, 0.15) is 33.0 Å².